The normalized spacial score (nSPS) is 12.9. The standard InChI is InChI=1S/C41H71O8P/c1-3-5-7-9-11-13-15-17-19-20-22-24-26-28-30-32-34-36-41(43)49-39(38-48-50(44,45)46)37-47-40(42)35-33-31-29-27-25-23-21-18-16-14-12-10-8-6-4-2/h4,11,13,17,19,22,24,28,30,39H,2-3,5-10,12,14-16,18,20-21,23,25-27,29,31-38H2,1H3,(H2,44,45,46)/b13-11+,19-17+,24-22+,30-28+/t39-/m1/s1. The minimum absolute atomic E-state index is 0.134. The SMILES string of the molecule is C=CCCCCCCCCCCCCCCCC(=O)OC[C@H](COP(=O)(O)O)OC(=O)CCC/C=C/C/C=C/C/C=C/C/C=C/CCCCC. The second-order valence-electron chi connectivity index (χ2n) is 13.0. The van der Waals surface area contributed by atoms with Crippen molar-refractivity contribution in [2.45, 2.75) is 174 Å². The fraction of sp³-hybridized carbons (Fsp3) is 0.707. The Kier molecular flexibility index (Phi) is 34.9. The van der Waals surface area contributed by atoms with Crippen LogP contribution in [0.2, 0.25) is 0 Å². The molecule has 0 aliphatic rings. The molecule has 0 aromatic carbocycles. The van der Waals surface area contributed by atoms with Gasteiger partial charge in [-0.1, -0.05) is 145 Å². The van der Waals surface area contributed by atoms with Gasteiger partial charge in [-0.3, -0.25) is 14.1 Å². The number of allylic oxidation sites excluding steroid dienone is 9. The molecule has 0 radical (unpaired) electrons. The molecule has 50 heavy (non-hydrogen) atoms. The maximum Gasteiger partial charge on any atom is 0.469 e. The molecule has 0 aromatic rings. The van der Waals surface area contributed by atoms with Gasteiger partial charge in [0, 0.05) is 12.8 Å². The number of carbonyl (C=O) groups excluding carboxylic acids is 2. The molecule has 1 atom stereocenters. The number of hydrogen-bond donors (Lipinski definition) is 2. The Hall–Kier alpha value is -2.25. The van der Waals surface area contributed by atoms with Crippen molar-refractivity contribution >= 4 is 19.8 Å². The van der Waals surface area contributed by atoms with Crippen LogP contribution in [-0.4, -0.2) is 41.0 Å². The minimum atomic E-state index is -4.77. The van der Waals surface area contributed by atoms with Crippen LogP contribution in [0.15, 0.2) is 61.3 Å². The van der Waals surface area contributed by atoms with Crippen molar-refractivity contribution < 1.29 is 37.9 Å². The molecule has 0 amide bonds. The zero-order valence-corrected chi connectivity index (χ0v) is 32.3. The fourth-order valence-corrected chi connectivity index (χ4v) is 5.59. The summed E-state index contributed by atoms with van der Waals surface area (Å²) < 4.78 is 26.3. The van der Waals surface area contributed by atoms with Crippen molar-refractivity contribution in [3.8, 4) is 0 Å². The molecular weight excluding hydrogens is 651 g/mol. The highest BCUT2D eigenvalue weighted by Crippen LogP contribution is 2.36. The summed E-state index contributed by atoms with van der Waals surface area (Å²) in [6.45, 7) is 5.11. The summed E-state index contributed by atoms with van der Waals surface area (Å²) in [7, 11) is -4.77. The Labute approximate surface area is 305 Å². The van der Waals surface area contributed by atoms with Gasteiger partial charge in [-0.15, -0.1) is 6.58 Å². The first-order valence-electron chi connectivity index (χ1n) is 19.5. The molecule has 0 aromatic heterocycles. The van der Waals surface area contributed by atoms with Crippen LogP contribution in [0.1, 0.15) is 167 Å². The number of carbonyl (C=O) groups is 2. The second-order valence-corrected chi connectivity index (χ2v) is 14.2. The lowest BCUT2D eigenvalue weighted by atomic mass is 10.0. The van der Waals surface area contributed by atoms with E-state index in [9.17, 15) is 14.2 Å². The molecule has 288 valence electrons. The Morgan fingerprint density at radius 2 is 1.02 bits per heavy atom. The van der Waals surface area contributed by atoms with Crippen LogP contribution in [0.25, 0.3) is 0 Å². The van der Waals surface area contributed by atoms with Crippen LogP contribution < -0.4 is 0 Å². The van der Waals surface area contributed by atoms with Crippen molar-refractivity contribution in [2.75, 3.05) is 13.2 Å². The lowest BCUT2D eigenvalue weighted by Crippen LogP contribution is -2.29. The van der Waals surface area contributed by atoms with Crippen LogP contribution in [0.4, 0.5) is 0 Å². The molecular formula is C41H71O8P. The van der Waals surface area contributed by atoms with Gasteiger partial charge in [-0.25, -0.2) is 4.57 Å². The third-order valence-corrected chi connectivity index (χ3v) is 8.64. The van der Waals surface area contributed by atoms with Crippen molar-refractivity contribution in [3.63, 3.8) is 0 Å². The van der Waals surface area contributed by atoms with E-state index in [2.05, 4.69) is 60.6 Å². The molecule has 0 heterocycles. The third kappa shape index (κ3) is 38.6. The molecule has 0 spiro atoms. The van der Waals surface area contributed by atoms with Crippen LogP contribution in [0, 0.1) is 0 Å². The fourth-order valence-electron chi connectivity index (χ4n) is 5.23. The molecule has 0 aliphatic carbocycles. The summed E-state index contributed by atoms with van der Waals surface area (Å²) in [6, 6.07) is 0. The monoisotopic (exact) mass is 722 g/mol. The van der Waals surface area contributed by atoms with Crippen LogP contribution in [0.5, 0.6) is 0 Å². The quantitative estimate of drug-likeness (QED) is 0.0284. The predicted octanol–water partition coefficient (Wildman–Crippen LogP) is 11.7. The van der Waals surface area contributed by atoms with Gasteiger partial charge < -0.3 is 19.3 Å². The van der Waals surface area contributed by atoms with E-state index in [1.165, 1.54) is 83.5 Å². The number of phosphoric ester groups is 1. The number of esters is 2. The summed E-state index contributed by atoms with van der Waals surface area (Å²) in [5.74, 6) is -0.956. The Balaban J connectivity index is 4.04. The maximum absolute atomic E-state index is 12.4. The minimum Gasteiger partial charge on any atom is -0.462 e. The number of rotatable bonds is 36. The number of hydrogen-bond acceptors (Lipinski definition) is 6. The first-order valence-corrected chi connectivity index (χ1v) is 21.1. The van der Waals surface area contributed by atoms with E-state index in [4.69, 9.17) is 19.3 Å². The van der Waals surface area contributed by atoms with Gasteiger partial charge >= 0.3 is 19.8 Å². The molecule has 2 N–H and O–H groups in total. The Bertz CT molecular complexity index is 981. The average molecular weight is 723 g/mol. The van der Waals surface area contributed by atoms with E-state index >= 15 is 0 Å². The summed E-state index contributed by atoms with van der Waals surface area (Å²) in [5, 5.41) is 0. The average Bonchev–Trinajstić information content (AvgIpc) is 3.08. The molecule has 0 saturated heterocycles. The first kappa shape index (κ1) is 47.8. The topological polar surface area (TPSA) is 119 Å². The van der Waals surface area contributed by atoms with E-state index < -0.39 is 32.5 Å². The molecule has 9 heteroatoms. The van der Waals surface area contributed by atoms with Crippen LogP contribution in [0.3, 0.4) is 0 Å². The summed E-state index contributed by atoms with van der Waals surface area (Å²) in [5.41, 5.74) is 0. The molecule has 0 rings (SSSR count). The number of ether oxygens (including phenoxy) is 2. The lowest BCUT2D eigenvalue weighted by molar-refractivity contribution is -0.161. The highest BCUT2D eigenvalue weighted by atomic mass is 31.2. The first-order chi connectivity index (χ1) is 24.3. The van der Waals surface area contributed by atoms with Crippen molar-refractivity contribution in [2.24, 2.45) is 0 Å². The highest BCUT2D eigenvalue weighted by molar-refractivity contribution is 7.46. The van der Waals surface area contributed by atoms with E-state index in [1.54, 1.807) is 0 Å². The van der Waals surface area contributed by atoms with Crippen molar-refractivity contribution in [1.82, 2.24) is 0 Å². The molecule has 0 saturated carbocycles. The predicted molar refractivity (Wildman–Crippen MR) is 207 cm³/mol. The molecule has 0 unspecified atom stereocenters. The Morgan fingerprint density at radius 1 is 0.580 bits per heavy atom. The van der Waals surface area contributed by atoms with Gasteiger partial charge in [0.2, 0.25) is 0 Å². The van der Waals surface area contributed by atoms with Crippen LogP contribution in [-0.2, 0) is 28.2 Å². The van der Waals surface area contributed by atoms with Crippen molar-refractivity contribution in [1.29, 1.82) is 0 Å². The molecule has 0 aliphatic heterocycles. The van der Waals surface area contributed by atoms with Gasteiger partial charge in [0.1, 0.15) is 6.61 Å². The van der Waals surface area contributed by atoms with Gasteiger partial charge in [-0.2, -0.15) is 0 Å². The van der Waals surface area contributed by atoms with Crippen LogP contribution >= 0.6 is 7.82 Å². The second kappa shape index (κ2) is 36.5. The van der Waals surface area contributed by atoms with E-state index in [0.717, 1.165) is 44.9 Å². The van der Waals surface area contributed by atoms with E-state index in [-0.39, 0.29) is 19.4 Å². The largest absolute Gasteiger partial charge is 0.469 e. The number of unbranched alkanes of at least 4 members (excludes halogenated alkanes) is 17. The van der Waals surface area contributed by atoms with Gasteiger partial charge in [0.15, 0.2) is 6.10 Å². The van der Waals surface area contributed by atoms with Gasteiger partial charge in [0.05, 0.1) is 6.61 Å². The zero-order chi connectivity index (χ0) is 36.8. The Morgan fingerprint density at radius 3 is 1.52 bits per heavy atom. The van der Waals surface area contributed by atoms with E-state index in [1.807, 2.05) is 12.2 Å². The van der Waals surface area contributed by atoms with E-state index in [0.29, 0.717) is 19.3 Å². The molecule has 0 fully saturated rings. The summed E-state index contributed by atoms with van der Waals surface area (Å²) in [4.78, 5) is 42.7. The summed E-state index contributed by atoms with van der Waals surface area (Å²) >= 11 is 0. The van der Waals surface area contributed by atoms with Gasteiger partial charge in [0.25, 0.3) is 0 Å². The van der Waals surface area contributed by atoms with Crippen molar-refractivity contribution in [3.05, 3.63) is 61.3 Å². The highest BCUT2D eigenvalue weighted by Gasteiger charge is 2.22. The summed E-state index contributed by atoms with van der Waals surface area (Å²) in [6.07, 6.45) is 44.1. The lowest BCUT2D eigenvalue weighted by Gasteiger charge is -2.18. The number of phosphoric acid groups is 1. The third-order valence-electron chi connectivity index (χ3n) is 8.16. The smallest absolute Gasteiger partial charge is 0.462 e. The van der Waals surface area contributed by atoms with Gasteiger partial charge in [-0.05, 0) is 64.2 Å². The zero-order valence-electron chi connectivity index (χ0n) is 31.4. The molecule has 0 bridgehead atoms. The molecule has 8 nitrogen and oxygen atoms in total. The maximum atomic E-state index is 12.4.